The first-order valence-corrected chi connectivity index (χ1v) is 3.42. The van der Waals surface area contributed by atoms with E-state index in [2.05, 4.69) is 20.6 Å². The fourth-order valence-corrected chi connectivity index (χ4v) is 0.212. The monoisotopic (exact) mass is 171 g/mol. The Bertz CT molecular complexity index is 218. The van der Waals surface area contributed by atoms with E-state index in [1.807, 2.05) is 0 Å². The number of H-pyrrole nitrogens is 1. The van der Waals surface area contributed by atoms with Gasteiger partial charge in [-0.1, -0.05) is 5.21 Å². The summed E-state index contributed by atoms with van der Waals surface area (Å²) in [6.07, 6.45) is 0. The molecule has 0 atom stereocenters. The summed E-state index contributed by atoms with van der Waals surface area (Å²) >= 11 is 0. The van der Waals surface area contributed by atoms with E-state index in [1.165, 1.54) is 11.8 Å². The zero-order valence-electron chi connectivity index (χ0n) is 7.70. The highest BCUT2D eigenvalue weighted by molar-refractivity contribution is 5.72. The number of tetrazole rings is 1. The number of aromatic nitrogens is 4. The summed E-state index contributed by atoms with van der Waals surface area (Å²) < 4.78 is 0. The molecule has 68 valence electrons. The van der Waals surface area contributed by atoms with Gasteiger partial charge in [0.05, 0.1) is 0 Å². The summed E-state index contributed by atoms with van der Waals surface area (Å²) in [6, 6.07) is 0. The minimum absolute atomic E-state index is 0.0926. The van der Waals surface area contributed by atoms with Gasteiger partial charge in [-0.05, 0) is 6.92 Å². The van der Waals surface area contributed by atoms with E-state index in [1.54, 1.807) is 21.0 Å². The predicted molar refractivity (Wildman–Crippen MR) is 43.3 cm³/mol. The van der Waals surface area contributed by atoms with Gasteiger partial charge in [-0.2, -0.15) is 5.21 Å². The van der Waals surface area contributed by atoms with E-state index in [-0.39, 0.29) is 5.91 Å². The Morgan fingerprint density at radius 3 is 2.08 bits per heavy atom. The van der Waals surface area contributed by atoms with E-state index < -0.39 is 0 Å². The number of carbonyl (C=O) groups is 1. The Kier molecular flexibility index (Phi) is 4.59. The van der Waals surface area contributed by atoms with Crippen molar-refractivity contribution in [2.24, 2.45) is 0 Å². The van der Waals surface area contributed by atoms with Crippen LogP contribution < -0.4 is 0 Å². The van der Waals surface area contributed by atoms with Crippen molar-refractivity contribution >= 4 is 5.91 Å². The number of hydrogen-bond acceptors (Lipinski definition) is 4. The molecule has 1 rings (SSSR count). The van der Waals surface area contributed by atoms with Crippen LogP contribution in [0.2, 0.25) is 0 Å². The molecule has 0 saturated heterocycles. The number of amides is 1. The third-order valence-corrected chi connectivity index (χ3v) is 1.08. The van der Waals surface area contributed by atoms with Gasteiger partial charge >= 0.3 is 0 Å². The van der Waals surface area contributed by atoms with Crippen molar-refractivity contribution < 1.29 is 4.79 Å². The first kappa shape index (κ1) is 10.5. The Hall–Kier alpha value is -1.46. The molecule has 0 unspecified atom stereocenters. The van der Waals surface area contributed by atoms with Gasteiger partial charge in [0, 0.05) is 21.0 Å². The zero-order chi connectivity index (χ0) is 9.56. The molecule has 0 bridgehead atoms. The lowest BCUT2D eigenvalue weighted by Crippen LogP contribution is -2.17. The molecular weight excluding hydrogens is 158 g/mol. The van der Waals surface area contributed by atoms with Gasteiger partial charge in [-0.25, -0.2) is 0 Å². The Balaban J connectivity index is 0.000000202. The lowest BCUT2D eigenvalue weighted by Gasteiger charge is -2.02. The van der Waals surface area contributed by atoms with E-state index >= 15 is 0 Å². The molecule has 1 aromatic heterocycles. The second-order valence-corrected chi connectivity index (χ2v) is 2.37. The fourth-order valence-electron chi connectivity index (χ4n) is 0.212. The Morgan fingerprint density at radius 1 is 1.50 bits per heavy atom. The van der Waals surface area contributed by atoms with Crippen molar-refractivity contribution in [1.82, 2.24) is 25.5 Å². The highest BCUT2D eigenvalue weighted by Gasteiger charge is 1.87. The second kappa shape index (κ2) is 5.22. The summed E-state index contributed by atoms with van der Waals surface area (Å²) in [5, 5.41) is 12.7. The van der Waals surface area contributed by atoms with E-state index in [0.717, 1.165) is 0 Å². The number of nitrogens with zero attached hydrogens (tertiary/aromatic N) is 4. The maximum absolute atomic E-state index is 10.1. The van der Waals surface area contributed by atoms with Gasteiger partial charge in [-0.3, -0.25) is 4.79 Å². The molecule has 1 N–H and O–H groups in total. The van der Waals surface area contributed by atoms with Crippen molar-refractivity contribution in [3.63, 3.8) is 0 Å². The summed E-state index contributed by atoms with van der Waals surface area (Å²) in [7, 11) is 3.45. The summed E-state index contributed by atoms with van der Waals surface area (Å²) in [6.45, 7) is 3.30. The zero-order valence-corrected chi connectivity index (χ0v) is 7.70. The van der Waals surface area contributed by atoms with Gasteiger partial charge in [0.15, 0.2) is 5.82 Å². The quantitative estimate of drug-likeness (QED) is 0.576. The van der Waals surface area contributed by atoms with Crippen molar-refractivity contribution in [3.05, 3.63) is 5.82 Å². The normalized spacial score (nSPS) is 8.33. The van der Waals surface area contributed by atoms with E-state index in [4.69, 9.17) is 0 Å². The molecule has 0 spiro atoms. The third kappa shape index (κ3) is 5.33. The average Bonchev–Trinajstić information content (AvgIpc) is 2.40. The van der Waals surface area contributed by atoms with Crippen LogP contribution in [0.25, 0.3) is 0 Å². The predicted octanol–water partition coefficient (Wildman–Crippen LogP) is -0.397. The van der Waals surface area contributed by atoms with Crippen LogP contribution in [0, 0.1) is 6.92 Å². The van der Waals surface area contributed by atoms with Crippen LogP contribution in [0.4, 0.5) is 0 Å². The molecule has 0 aromatic carbocycles. The molecule has 1 heterocycles. The number of nitrogens with one attached hydrogen (secondary N) is 1. The standard InChI is InChI=1S/C4H9NO.C2H4N4/c1-4(6)5(2)3;1-2-3-5-6-4-2/h1-3H3;1H3,(H,3,4,5,6). The number of carbonyl (C=O) groups excluding carboxylic acids is 1. The SMILES string of the molecule is CC(=O)N(C)C.Cc1nn[nH]n1. The Morgan fingerprint density at radius 2 is 2.00 bits per heavy atom. The number of rotatable bonds is 0. The van der Waals surface area contributed by atoms with Crippen LogP contribution >= 0.6 is 0 Å². The van der Waals surface area contributed by atoms with Crippen LogP contribution in [0.3, 0.4) is 0 Å². The number of aryl methyl sites for hydroxylation is 1. The molecule has 0 radical (unpaired) electrons. The largest absolute Gasteiger partial charge is 0.349 e. The van der Waals surface area contributed by atoms with Crippen molar-refractivity contribution in [2.45, 2.75) is 13.8 Å². The number of hydrogen-bond donors (Lipinski definition) is 1. The fraction of sp³-hybridized carbons (Fsp3) is 0.667. The van der Waals surface area contributed by atoms with Crippen LogP contribution in [0.15, 0.2) is 0 Å². The smallest absolute Gasteiger partial charge is 0.218 e. The molecule has 0 aliphatic heterocycles. The van der Waals surface area contributed by atoms with Crippen molar-refractivity contribution in [2.75, 3.05) is 14.1 Å². The maximum Gasteiger partial charge on any atom is 0.218 e. The molecule has 0 saturated carbocycles. The second-order valence-electron chi connectivity index (χ2n) is 2.37. The van der Waals surface area contributed by atoms with Crippen molar-refractivity contribution in [1.29, 1.82) is 0 Å². The van der Waals surface area contributed by atoms with Gasteiger partial charge in [0.2, 0.25) is 5.91 Å². The lowest BCUT2D eigenvalue weighted by molar-refractivity contribution is -0.126. The highest BCUT2D eigenvalue weighted by Crippen LogP contribution is 1.70. The van der Waals surface area contributed by atoms with Crippen LogP contribution in [-0.2, 0) is 4.79 Å². The summed E-state index contributed by atoms with van der Waals surface area (Å²) in [4.78, 5) is 11.6. The molecule has 1 aromatic rings. The molecule has 12 heavy (non-hydrogen) atoms. The minimum atomic E-state index is 0.0926. The van der Waals surface area contributed by atoms with Gasteiger partial charge in [0.1, 0.15) is 0 Å². The first-order valence-electron chi connectivity index (χ1n) is 3.42. The lowest BCUT2D eigenvalue weighted by atomic mass is 10.7. The van der Waals surface area contributed by atoms with Crippen LogP contribution in [-0.4, -0.2) is 45.5 Å². The van der Waals surface area contributed by atoms with Crippen LogP contribution in [0.1, 0.15) is 12.7 Å². The third-order valence-electron chi connectivity index (χ3n) is 1.08. The molecule has 6 heteroatoms. The van der Waals surface area contributed by atoms with Gasteiger partial charge in [0.25, 0.3) is 0 Å². The van der Waals surface area contributed by atoms with E-state index in [0.29, 0.717) is 5.82 Å². The molecule has 6 nitrogen and oxygen atoms in total. The molecule has 0 aliphatic carbocycles. The van der Waals surface area contributed by atoms with Gasteiger partial charge in [-0.15, -0.1) is 10.2 Å². The number of aromatic amines is 1. The molecule has 0 fully saturated rings. The topological polar surface area (TPSA) is 74.8 Å². The van der Waals surface area contributed by atoms with E-state index in [9.17, 15) is 4.79 Å². The summed E-state index contributed by atoms with van der Waals surface area (Å²) in [5.41, 5.74) is 0. The molecule has 0 aliphatic rings. The Labute approximate surface area is 71.0 Å². The average molecular weight is 171 g/mol. The summed E-state index contributed by atoms with van der Waals surface area (Å²) in [5.74, 6) is 0.769. The highest BCUT2D eigenvalue weighted by atomic mass is 16.2. The molecule has 1 amide bonds. The van der Waals surface area contributed by atoms with Gasteiger partial charge < -0.3 is 4.90 Å². The minimum Gasteiger partial charge on any atom is -0.349 e. The maximum atomic E-state index is 10.1. The first-order chi connectivity index (χ1) is 5.54. The van der Waals surface area contributed by atoms with Crippen LogP contribution in [0.5, 0.6) is 0 Å². The van der Waals surface area contributed by atoms with Crippen molar-refractivity contribution in [3.8, 4) is 0 Å². The molecular formula is C6H13N5O.